The summed E-state index contributed by atoms with van der Waals surface area (Å²) >= 11 is 0. The van der Waals surface area contributed by atoms with Crippen LogP contribution in [0.25, 0.3) is 0 Å². The smallest absolute Gasteiger partial charge is 0.478 e. The minimum absolute atomic E-state index is 0.152. The van der Waals surface area contributed by atoms with E-state index in [4.69, 9.17) is 15.2 Å². The molecule has 0 atom stereocenters. The predicted molar refractivity (Wildman–Crippen MR) is 149 cm³/mol. The Labute approximate surface area is 258 Å². The molecule has 0 bridgehead atoms. The number of anilines is 1. The van der Waals surface area contributed by atoms with E-state index in [9.17, 15) is 35.9 Å². The number of carbonyl (C=O) groups is 2. The Morgan fingerprint density at radius 3 is 1.83 bits per heavy atom. The Morgan fingerprint density at radius 2 is 1.35 bits per heavy atom. The first-order valence-corrected chi connectivity index (χ1v) is 13.6. The molecule has 0 radical (unpaired) electrons. The molecule has 252 valence electrons. The monoisotopic (exact) mass is 664 g/mol. The Morgan fingerprint density at radius 1 is 0.826 bits per heavy atom. The van der Waals surface area contributed by atoms with Crippen molar-refractivity contribution in [3.63, 3.8) is 0 Å². The van der Waals surface area contributed by atoms with E-state index in [0.29, 0.717) is 30.7 Å². The molecule has 1 aliphatic heterocycles. The molecule has 1 fully saturated rings. The molecule has 20 heteroatoms. The Bertz CT molecular complexity index is 1320. The molecule has 3 heterocycles. The number of alkyl halides is 6. The summed E-state index contributed by atoms with van der Waals surface area (Å²) in [6, 6.07) is 6.04. The standard InChI is InChI=1S/C26H30F6N8O6/c27-25(28,29)23(41)45-37-17-36-19-4-6-21(35-16-19)44-14-2-8-40-11-9-39(10-12-40)7-1-13-43-20-5-3-18(15-34-20)22(33)38-46-24(42)26(30,31)32/h3-6,15-17H,1-2,7-14H2,(H2,33,38)(H,36,37). The third-order valence-electron chi connectivity index (χ3n) is 6.08. The van der Waals surface area contributed by atoms with Gasteiger partial charge >= 0.3 is 24.3 Å². The summed E-state index contributed by atoms with van der Waals surface area (Å²) in [7, 11) is 0. The zero-order valence-corrected chi connectivity index (χ0v) is 24.1. The molecule has 46 heavy (non-hydrogen) atoms. The van der Waals surface area contributed by atoms with Gasteiger partial charge in [0.1, 0.15) is 6.34 Å². The number of halogens is 6. The number of ether oxygens (including phenoxy) is 2. The summed E-state index contributed by atoms with van der Waals surface area (Å²) in [5, 5.41) is 8.38. The van der Waals surface area contributed by atoms with Crippen molar-refractivity contribution < 1.29 is 55.1 Å². The number of rotatable bonds is 15. The Kier molecular flexibility index (Phi) is 13.3. The second-order valence-electron chi connectivity index (χ2n) is 9.47. The molecule has 0 amide bonds. The second kappa shape index (κ2) is 17.1. The highest BCUT2D eigenvalue weighted by Crippen LogP contribution is 2.18. The molecule has 0 aliphatic carbocycles. The van der Waals surface area contributed by atoms with E-state index >= 15 is 0 Å². The minimum Gasteiger partial charge on any atom is -0.478 e. The van der Waals surface area contributed by atoms with E-state index in [1.165, 1.54) is 24.5 Å². The molecular formula is C26H30F6N8O6. The summed E-state index contributed by atoms with van der Waals surface area (Å²) < 4.78 is 83.8. The molecule has 3 rings (SSSR count). The van der Waals surface area contributed by atoms with Gasteiger partial charge in [-0.05, 0) is 25.0 Å². The third-order valence-corrected chi connectivity index (χ3v) is 6.08. The van der Waals surface area contributed by atoms with Crippen LogP contribution in [0.4, 0.5) is 32.0 Å². The number of oxime groups is 2. The van der Waals surface area contributed by atoms with Gasteiger partial charge in [0, 0.05) is 63.2 Å². The second-order valence-corrected chi connectivity index (χ2v) is 9.47. The molecule has 2 aromatic heterocycles. The molecule has 1 saturated heterocycles. The van der Waals surface area contributed by atoms with Gasteiger partial charge in [-0.1, -0.05) is 10.3 Å². The molecule has 0 unspecified atom stereocenters. The molecule has 1 aliphatic rings. The van der Waals surface area contributed by atoms with Gasteiger partial charge in [-0.15, -0.1) is 0 Å². The van der Waals surface area contributed by atoms with Gasteiger partial charge in [0.05, 0.1) is 25.1 Å². The van der Waals surface area contributed by atoms with Gasteiger partial charge in [0.25, 0.3) is 0 Å². The summed E-state index contributed by atoms with van der Waals surface area (Å²) in [4.78, 5) is 41.4. The van der Waals surface area contributed by atoms with E-state index in [0.717, 1.165) is 58.4 Å². The van der Waals surface area contributed by atoms with Crippen LogP contribution in [0.3, 0.4) is 0 Å². The van der Waals surface area contributed by atoms with Crippen LogP contribution in [0.1, 0.15) is 18.4 Å². The molecule has 14 nitrogen and oxygen atoms in total. The number of aromatic nitrogens is 2. The summed E-state index contributed by atoms with van der Waals surface area (Å²) in [5.41, 5.74) is 6.06. The number of amidine groups is 1. The first-order valence-electron chi connectivity index (χ1n) is 13.6. The van der Waals surface area contributed by atoms with Crippen molar-refractivity contribution in [2.75, 3.05) is 57.8 Å². The fraction of sp³-hybridized carbons (Fsp3) is 0.462. The van der Waals surface area contributed by atoms with Crippen molar-refractivity contribution in [1.29, 1.82) is 0 Å². The number of carbonyl (C=O) groups excluding carboxylic acids is 2. The van der Waals surface area contributed by atoms with Crippen LogP contribution in [-0.4, -0.2) is 109 Å². The average Bonchev–Trinajstić information content (AvgIpc) is 3.02. The summed E-state index contributed by atoms with van der Waals surface area (Å²) in [5.74, 6) is -4.70. The van der Waals surface area contributed by atoms with Gasteiger partial charge in [-0.2, -0.15) is 26.3 Å². The van der Waals surface area contributed by atoms with Gasteiger partial charge < -0.3 is 40.0 Å². The van der Waals surface area contributed by atoms with E-state index in [1.54, 1.807) is 12.1 Å². The van der Waals surface area contributed by atoms with Crippen molar-refractivity contribution in [1.82, 2.24) is 19.8 Å². The van der Waals surface area contributed by atoms with Crippen molar-refractivity contribution in [2.45, 2.75) is 25.2 Å². The number of piperazine rings is 1. The van der Waals surface area contributed by atoms with E-state index < -0.39 is 30.1 Å². The Hall–Kier alpha value is -4.72. The van der Waals surface area contributed by atoms with Crippen LogP contribution < -0.4 is 20.5 Å². The molecule has 0 saturated carbocycles. The molecule has 0 aromatic carbocycles. The lowest BCUT2D eigenvalue weighted by Crippen LogP contribution is -2.47. The lowest BCUT2D eigenvalue weighted by atomic mass is 10.2. The van der Waals surface area contributed by atoms with Crippen LogP contribution >= 0.6 is 0 Å². The average molecular weight is 665 g/mol. The minimum atomic E-state index is -5.18. The third kappa shape index (κ3) is 12.7. The van der Waals surface area contributed by atoms with E-state index in [2.05, 4.69) is 45.1 Å². The normalized spacial score (nSPS) is 15.0. The van der Waals surface area contributed by atoms with Crippen molar-refractivity contribution in [3.8, 4) is 11.8 Å². The highest BCUT2D eigenvalue weighted by Gasteiger charge is 2.42. The zero-order valence-electron chi connectivity index (χ0n) is 24.1. The van der Waals surface area contributed by atoms with Crippen LogP contribution in [0.5, 0.6) is 11.8 Å². The zero-order chi connectivity index (χ0) is 33.6. The molecule has 0 spiro atoms. The van der Waals surface area contributed by atoms with Gasteiger partial charge in [-0.25, -0.2) is 19.6 Å². The fourth-order valence-electron chi connectivity index (χ4n) is 3.76. The Balaban J connectivity index is 1.23. The lowest BCUT2D eigenvalue weighted by Gasteiger charge is -2.34. The number of nitrogens with two attached hydrogens (primary N) is 1. The van der Waals surface area contributed by atoms with Crippen LogP contribution in [0.2, 0.25) is 0 Å². The topological polar surface area (TPSA) is 166 Å². The summed E-state index contributed by atoms with van der Waals surface area (Å²) in [6.07, 6.45) is -5.40. The number of pyridine rings is 2. The molecule has 2 aromatic rings. The highest BCUT2D eigenvalue weighted by molar-refractivity contribution is 5.97. The van der Waals surface area contributed by atoms with Gasteiger partial charge in [-0.3, -0.25) is 0 Å². The highest BCUT2D eigenvalue weighted by atomic mass is 19.4. The van der Waals surface area contributed by atoms with Crippen LogP contribution in [0, 0.1) is 0 Å². The van der Waals surface area contributed by atoms with Gasteiger partial charge in [0.15, 0.2) is 5.84 Å². The van der Waals surface area contributed by atoms with Crippen molar-refractivity contribution in [2.24, 2.45) is 16.0 Å². The maximum atomic E-state index is 12.2. The number of nitrogens with zero attached hydrogens (tertiary/aromatic N) is 6. The maximum absolute atomic E-state index is 12.2. The number of hydrogen-bond acceptors (Lipinski definition) is 12. The number of nitrogens with one attached hydrogen (secondary N) is 1. The lowest BCUT2D eigenvalue weighted by molar-refractivity contribution is -0.199. The van der Waals surface area contributed by atoms with Gasteiger partial charge in [0.2, 0.25) is 11.8 Å². The van der Waals surface area contributed by atoms with Crippen molar-refractivity contribution in [3.05, 3.63) is 42.2 Å². The van der Waals surface area contributed by atoms with Crippen LogP contribution in [-0.2, 0) is 19.3 Å². The quantitative estimate of drug-likeness (QED) is 0.0715. The first-order chi connectivity index (χ1) is 21.8. The fourth-order valence-corrected chi connectivity index (χ4v) is 3.76. The first kappa shape index (κ1) is 35.8. The summed E-state index contributed by atoms with van der Waals surface area (Å²) in [6.45, 7) is 6.05. The maximum Gasteiger partial charge on any atom is 0.493 e. The SMILES string of the molecule is NC(=NOC(=O)C(F)(F)F)c1ccc(OCCCN2CCN(CCCOc3ccc(NC=NOC(=O)C(F)(F)F)cn3)CC2)nc1. The van der Waals surface area contributed by atoms with E-state index in [1.807, 2.05) is 0 Å². The van der Waals surface area contributed by atoms with Crippen LogP contribution in [0.15, 0.2) is 47.0 Å². The molecular weight excluding hydrogens is 634 g/mol. The predicted octanol–water partition coefficient (Wildman–Crippen LogP) is 2.52. The largest absolute Gasteiger partial charge is 0.493 e. The number of hydrogen-bond donors (Lipinski definition) is 2. The van der Waals surface area contributed by atoms with E-state index in [-0.39, 0.29) is 5.56 Å². The van der Waals surface area contributed by atoms with Crippen molar-refractivity contribution >= 4 is 29.8 Å². The molecule has 3 N–H and O–H groups in total.